The molecule has 1 heterocycles. The first-order chi connectivity index (χ1) is 7.77. The number of aromatic amines is 1. The molecule has 0 aliphatic carbocycles. The number of hydrogen-bond acceptors (Lipinski definition) is 3. The Hall–Kier alpha value is -1.88. The quantitative estimate of drug-likeness (QED) is 0.846. The van der Waals surface area contributed by atoms with Crippen molar-refractivity contribution in [3.63, 3.8) is 0 Å². The number of amides is 1. The summed E-state index contributed by atoms with van der Waals surface area (Å²) in [6.45, 7) is 0.296. The normalized spacial score (nSPS) is 10.1. The Labute approximate surface area is 96.8 Å². The smallest absolute Gasteiger partial charge is 0.253 e. The number of carbonyl (C=O) groups is 1. The summed E-state index contributed by atoms with van der Waals surface area (Å²) in [5.41, 5.74) is 0.448. The van der Waals surface area contributed by atoms with Gasteiger partial charge in [-0.3, -0.25) is 9.89 Å². The van der Waals surface area contributed by atoms with Gasteiger partial charge < -0.3 is 5.32 Å². The first-order valence-corrected chi connectivity index (χ1v) is 5.02. The molecule has 0 spiro atoms. The predicted octanol–water partition coefficient (Wildman–Crippen LogP) is 1.39. The number of halogens is 1. The molecule has 1 aromatic heterocycles. The average Bonchev–Trinajstić information content (AvgIpc) is 2.79. The average molecular weight is 237 g/mol. The maximum Gasteiger partial charge on any atom is 0.253 e. The summed E-state index contributed by atoms with van der Waals surface area (Å²) in [7, 11) is 0. The molecular formula is C10H9ClN4O. The van der Waals surface area contributed by atoms with Crippen LogP contribution in [0.15, 0.2) is 30.6 Å². The van der Waals surface area contributed by atoms with Crippen LogP contribution in [-0.4, -0.2) is 21.1 Å². The van der Waals surface area contributed by atoms with E-state index in [2.05, 4.69) is 20.5 Å². The van der Waals surface area contributed by atoms with Crippen molar-refractivity contribution < 1.29 is 4.79 Å². The summed E-state index contributed by atoms with van der Waals surface area (Å²) in [6.07, 6.45) is 1.39. The van der Waals surface area contributed by atoms with Crippen molar-refractivity contribution in [1.29, 1.82) is 0 Å². The van der Waals surface area contributed by atoms with E-state index >= 15 is 0 Å². The van der Waals surface area contributed by atoms with E-state index < -0.39 is 0 Å². The zero-order valence-electron chi connectivity index (χ0n) is 8.27. The molecular weight excluding hydrogens is 228 g/mol. The number of nitrogens with zero attached hydrogens (tertiary/aromatic N) is 2. The van der Waals surface area contributed by atoms with Crippen LogP contribution >= 0.6 is 11.6 Å². The third kappa shape index (κ3) is 2.38. The van der Waals surface area contributed by atoms with Crippen LogP contribution < -0.4 is 5.32 Å². The van der Waals surface area contributed by atoms with Gasteiger partial charge in [-0.1, -0.05) is 23.7 Å². The minimum absolute atomic E-state index is 0.234. The maximum atomic E-state index is 11.7. The lowest BCUT2D eigenvalue weighted by Crippen LogP contribution is -2.23. The molecule has 82 valence electrons. The third-order valence-electron chi connectivity index (χ3n) is 2.00. The number of aromatic nitrogens is 3. The van der Waals surface area contributed by atoms with Crippen molar-refractivity contribution in [1.82, 2.24) is 20.5 Å². The van der Waals surface area contributed by atoms with E-state index in [0.29, 0.717) is 23.0 Å². The van der Waals surface area contributed by atoms with E-state index in [1.165, 1.54) is 6.33 Å². The molecule has 2 aromatic rings. The zero-order chi connectivity index (χ0) is 11.4. The highest BCUT2D eigenvalue weighted by Crippen LogP contribution is 2.14. The highest BCUT2D eigenvalue weighted by atomic mass is 35.5. The second kappa shape index (κ2) is 4.76. The van der Waals surface area contributed by atoms with Gasteiger partial charge in [0.15, 0.2) is 0 Å². The molecule has 0 aliphatic heterocycles. The lowest BCUT2D eigenvalue weighted by molar-refractivity contribution is 0.0950. The van der Waals surface area contributed by atoms with Crippen molar-refractivity contribution >= 4 is 17.5 Å². The Bertz CT molecular complexity index is 483. The minimum Gasteiger partial charge on any atom is -0.345 e. The molecule has 0 atom stereocenters. The van der Waals surface area contributed by atoms with Gasteiger partial charge in [0.05, 0.1) is 17.1 Å². The van der Waals surface area contributed by atoms with Gasteiger partial charge in [-0.05, 0) is 12.1 Å². The molecule has 1 aromatic carbocycles. The molecule has 2 rings (SSSR count). The van der Waals surface area contributed by atoms with Crippen LogP contribution in [-0.2, 0) is 6.54 Å². The largest absolute Gasteiger partial charge is 0.345 e. The van der Waals surface area contributed by atoms with E-state index in [1.54, 1.807) is 24.3 Å². The van der Waals surface area contributed by atoms with E-state index in [1.807, 2.05) is 0 Å². The molecule has 0 saturated heterocycles. The number of carbonyl (C=O) groups excluding carboxylic acids is 1. The standard InChI is InChI=1S/C10H9ClN4O/c11-8-4-2-1-3-7(8)10(16)12-5-9-13-6-14-15-9/h1-4,6H,5H2,(H,12,16)(H,13,14,15). The fourth-order valence-electron chi connectivity index (χ4n) is 1.22. The molecule has 1 amide bonds. The van der Waals surface area contributed by atoms with Crippen LogP contribution in [0, 0.1) is 0 Å². The van der Waals surface area contributed by atoms with Crippen molar-refractivity contribution in [2.45, 2.75) is 6.54 Å². The lowest BCUT2D eigenvalue weighted by Gasteiger charge is -2.04. The zero-order valence-corrected chi connectivity index (χ0v) is 9.03. The van der Waals surface area contributed by atoms with Gasteiger partial charge in [-0.2, -0.15) is 5.10 Å². The Kier molecular flexibility index (Phi) is 3.16. The van der Waals surface area contributed by atoms with Crippen molar-refractivity contribution in [2.24, 2.45) is 0 Å². The predicted molar refractivity (Wildman–Crippen MR) is 59.0 cm³/mol. The molecule has 6 heteroatoms. The fourth-order valence-corrected chi connectivity index (χ4v) is 1.44. The van der Waals surface area contributed by atoms with Gasteiger partial charge in [0, 0.05) is 0 Å². The summed E-state index contributed by atoms with van der Waals surface area (Å²) in [5, 5.41) is 9.44. The van der Waals surface area contributed by atoms with Crippen LogP contribution in [0.1, 0.15) is 16.2 Å². The lowest BCUT2D eigenvalue weighted by atomic mass is 10.2. The Morgan fingerprint density at radius 2 is 2.25 bits per heavy atom. The van der Waals surface area contributed by atoms with Crippen molar-refractivity contribution in [3.05, 3.63) is 47.0 Å². The minimum atomic E-state index is -0.234. The Morgan fingerprint density at radius 3 is 2.94 bits per heavy atom. The molecule has 0 aliphatic rings. The summed E-state index contributed by atoms with van der Waals surface area (Å²) >= 11 is 5.88. The number of hydrogen-bond donors (Lipinski definition) is 2. The molecule has 0 radical (unpaired) electrons. The van der Waals surface area contributed by atoms with Crippen molar-refractivity contribution in [2.75, 3.05) is 0 Å². The van der Waals surface area contributed by atoms with E-state index in [4.69, 9.17) is 11.6 Å². The SMILES string of the molecule is O=C(NCc1ncn[nH]1)c1ccccc1Cl. The van der Waals surface area contributed by atoms with E-state index in [0.717, 1.165) is 0 Å². The molecule has 16 heavy (non-hydrogen) atoms. The molecule has 5 nitrogen and oxygen atoms in total. The maximum absolute atomic E-state index is 11.7. The molecule has 2 N–H and O–H groups in total. The van der Waals surface area contributed by atoms with Crippen LogP contribution in [0.4, 0.5) is 0 Å². The number of rotatable bonds is 3. The van der Waals surface area contributed by atoms with Crippen LogP contribution in [0.25, 0.3) is 0 Å². The Balaban J connectivity index is 2.01. The summed E-state index contributed by atoms with van der Waals surface area (Å²) in [6, 6.07) is 6.87. The topological polar surface area (TPSA) is 70.7 Å². The molecule has 0 bridgehead atoms. The van der Waals surface area contributed by atoms with Gasteiger partial charge in [-0.25, -0.2) is 4.98 Å². The highest BCUT2D eigenvalue weighted by molar-refractivity contribution is 6.33. The van der Waals surface area contributed by atoms with Gasteiger partial charge in [0.25, 0.3) is 5.91 Å². The van der Waals surface area contributed by atoms with Crippen LogP contribution in [0.2, 0.25) is 5.02 Å². The van der Waals surface area contributed by atoms with Gasteiger partial charge in [0.2, 0.25) is 0 Å². The van der Waals surface area contributed by atoms with Crippen molar-refractivity contribution in [3.8, 4) is 0 Å². The fraction of sp³-hybridized carbons (Fsp3) is 0.100. The van der Waals surface area contributed by atoms with Crippen LogP contribution in [0.3, 0.4) is 0 Å². The van der Waals surface area contributed by atoms with Gasteiger partial charge >= 0.3 is 0 Å². The van der Waals surface area contributed by atoms with Crippen LogP contribution in [0.5, 0.6) is 0 Å². The number of nitrogens with one attached hydrogen (secondary N) is 2. The second-order valence-corrected chi connectivity index (χ2v) is 3.50. The number of benzene rings is 1. The first-order valence-electron chi connectivity index (χ1n) is 4.64. The van der Waals surface area contributed by atoms with E-state index in [-0.39, 0.29) is 5.91 Å². The molecule has 0 fully saturated rings. The summed E-state index contributed by atoms with van der Waals surface area (Å²) in [5.74, 6) is 0.363. The highest BCUT2D eigenvalue weighted by Gasteiger charge is 2.09. The number of H-pyrrole nitrogens is 1. The van der Waals surface area contributed by atoms with Gasteiger partial charge in [-0.15, -0.1) is 0 Å². The molecule has 0 unspecified atom stereocenters. The van der Waals surface area contributed by atoms with E-state index in [9.17, 15) is 4.79 Å². The summed E-state index contributed by atoms with van der Waals surface area (Å²) in [4.78, 5) is 15.6. The molecule has 0 saturated carbocycles. The first kappa shape index (κ1) is 10.6. The summed E-state index contributed by atoms with van der Waals surface area (Å²) < 4.78 is 0. The Morgan fingerprint density at radius 1 is 1.44 bits per heavy atom. The monoisotopic (exact) mass is 236 g/mol. The van der Waals surface area contributed by atoms with Gasteiger partial charge in [0.1, 0.15) is 12.2 Å². The second-order valence-electron chi connectivity index (χ2n) is 3.09. The third-order valence-corrected chi connectivity index (χ3v) is 2.33.